The van der Waals surface area contributed by atoms with Crippen LogP contribution in [-0.2, 0) is 10.0 Å². The van der Waals surface area contributed by atoms with Gasteiger partial charge >= 0.3 is 0 Å². The zero-order chi connectivity index (χ0) is 28.7. The zero-order valence-corrected chi connectivity index (χ0v) is 22.7. The molecule has 0 radical (unpaired) electrons. The van der Waals surface area contributed by atoms with Crippen molar-refractivity contribution in [1.29, 1.82) is 0 Å². The molecule has 0 unspecified atom stereocenters. The number of sulfonamides is 1. The molecule has 1 aromatic heterocycles. The van der Waals surface area contributed by atoms with Crippen LogP contribution < -0.4 is 25.5 Å². The topological polar surface area (TPSA) is 124 Å². The van der Waals surface area contributed by atoms with Crippen LogP contribution in [0.25, 0.3) is 0 Å². The number of benzene rings is 1. The number of rotatable bonds is 8. The lowest BCUT2D eigenvalue weighted by atomic mass is 9.93. The normalized spacial score (nSPS) is 19.9. The standard InChI is InChI=1S/C26H32F3N5O5S/c27-19-16-18(31-40(38,39)15-14-35)17-21(32-10-5-25(3-4-25)6-11-32)22(19)23(36)30-20-2-1-9-34(24(20)37)33-12-7-26(28,29)8-13-33/h1-2,9,16-17,31,35H,3-8,10-15H2,(H,30,36). The molecule has 1 aliphatic carbocycles. The number of nitrogens with zero attached hydrogens (tertiary/aromatic N) is 3. The van der Waals surface area contributed by atoms with Crippen LogP contribution in [0.5, 0.6) is 0 Å². The molecule has 0 bridgehead atoms. The van der Waals surface area contributed by atoms with E-state index in [-0.39, 0.29) is 41.1 Å². The van der Waals surface area contributed by atoms with E-state index >= 15 is 4.39 Å². The fourth-order valence-electron chi connectivity index (χ4n) is 5.40. The Morgan fingerprint density at radius 2 is 1.70 bits per heavy atom. The van der Waals surface area contributed by atoms with Gasteiger partial charge in [0.1, 0.15) is 11.5 Å². The molecule has 40 heavy (non-hydrogen) atoms. The quantitative estimate of drug-likeness (QED) is 0.437. The Bertz CT molecular complexity index is 1440. The highest BCUT2D eigenvalue weighted by Crippen LogP contribution is 2.54. The van der Waals surface area contributed by atoms with Crippen molar-refractivity contribution >= 4 is 33.0 Å². The molecule has 1 amide bonds. The molecule has 3 N–H and O–H groups in total. The van der Waals surface area contributed by atoms with Gasteiger partial charge in [0.2, 0.25) is 10.0 Å². The zero-order valence-electron chi connectivity index (χ0n) is 21.8. The molecule has 10 nitrogen and oxygen atoms in total. The lowest BCUT2D eigenvalue weighted by Gasteiger charge is -2.35. The predicted octanol–water partition coefficient (Wildman–Crippen LogP) is 2.72. The van der Waals surface area contributed by atoms with Crippen LogP contribution in [0.15, 0.2) is 35.3 Å². The van der Waals surface area contributed by atoms with Gasteiger partial charge in [-0.2, -0.15) is 0 Å². The molecular formula is C26H32F3N5O5S. The van der Waals surface area contributed by atoms with E-state index in [1.807, 2.05) is 4.90 Å². The number of carbonyl (C=O) groups excluding carboxylic acids is 1. The summed E-state index contributed by atoms with van der Waals surface area (Å²) >= 11 is 0. The number of hydrogen-bond donors (Lipinski definition) is 3. The van der Waals surface area contributed by atoms with Crippen molar-refractivity contribution in [2.24, 2.45) is 5.41 Å². The molecule has 3 fully saturated rings. The van der Waals surface area contributed by atoms with Crippen LogP contribution in [0, 0.1) is 11.2 Å². The van der Waals surface area contributed by atoms with E-state index in [1.165, 1.54) is 34.1 Å². The number of halogens is 3. The van der Waals surface area contributed by atoms with Crippen molar-refractivity contribution < 1.29 is 31.5 Å². The van der Waals surface area contributed by atoms with Crippen molar-refractivity contribution in [2.45, 2.75) is 44.4 Å². The van der Waals surface area contributed by atoms with Crippen molar-refractivity contribution in [3.05, 3.63) is 52.2 Å². The van der Waals surface area contributed by atoms with E-state index < -0.39 is 58.4 Å². The minimum atomic E-state index is -3.95. The van der Waals surface area contributed by atoms with Gasteiger partial charge in [-0.15, -0.1) is 0 Å². The first-order valence-corrected chi connectivity index (χ1v) is 14.9. The van der Waals surface area contributed by atoms with Gasteiger partial charge in [0.25, 0.3) is 17.4 Å². The molecule has 2 aliphatic heterocycles. The summed E-state index contributed by atoms with van der Waals surface area (Å²) in [6.07, 6.45) is 4.56. The maximum absolute atomic E-state index is 15.6. The van der Waals surface area contributed by atoms with Gasteiger partial charge in [0, 0.05) is 45.2 Å². The second kappa shape index (κ2) is 10.6. The van der Waals surface area contributed by atoms with E-state index in [9.17, 15) is 26.8 Å². The van der Waals surface area contributed by atoms with Crippen molar-refractivity contribution in [2.75, 3.05) is 58.5 Å². The van der Waals surface area contributed by atoms with Gasteiger partial charge in [0.05, 0.1) is 29.3 Å². The van der Waals surface area contributed by atoms with Crippen molar-refractivity contribution in [3.8, 4) is 0 Å². The number of alkyl halides is 2. The van der Waals surface area contributed by atoms with Gasteiger partial charge in [-0.25, -0.2) is 26.3 Å². The predicted molar refractivity (Wildman–Crippen MR) is 145 cm³/mol. The summed E-state index contributed by atoms with van der Waals surface area (Å²) in [4.78, 5) is 28.4. The molecule has 1 saturated carbocycles. The van der Waals surface area contributed by atoms with Crippen LogP contribution in [-0.4, -0.2) is 68.6 Å². The molecule has 0 atom stereocenters. The molecule has 3 heterocycles. The number of pyridine rings is 1. The van der Waals surface area contributed by atoms with E-state index in [1.54, 1.807) is 0 Å². The number of piperidine rings is 2. The molecule has 14 heteroatoms. The van der Waals surface area contributed by atoms with Gasteiger partial charge < -0.3 is 20.3 Å². The lowest BCUT2D eigenvalue weighted by Crippen LogP contribution is -2.49. The first-order chi connectivity index (χ1) is 18.9. The minimum Gasteiger partial charge on any atom is -0.395 e. The first kappa shape index (κ1) is 28.3. The average molecular weight is 584 g/mol. The molecular weight excluding hydrogens is 551 g/mol. The van der Waals surface area contributed by atoms with E-state index in [0.29, 0.717) is 13.1 Å². The van der Waals surface area contributed by atoms with E-state index in [4.69, 9.17) is 5.11 Å². The largest absolute Gasteiger partial charge is 0.395 e. The Hall–Kier alpha value is -3.26. The molecule has 218 valence electrons. The Morgan fingerprint density at radius 3 is 2.33 bits per heavy atom. The summed E-state index contributed by atoms with van der Waals surface area (Å²) < 4.78 is 70.6. The lowest BCUT2D eigenvalue weighted by molar-refractivity contribution is -0.0260. The summed E-state index contributed by atoms with van der Waals surface area (Å²) in [7, 11) is -3.95. The average Bonchev–Trinajstić information content (AvgIpc) is 3.64. The number of aliphatic hydroxyl groups excluding tert-OH is 1. The van der Waals surface area contributed by atoms with Crippen LogP contribution in [0.3, 0.4) is 0 Å². The Balaban J connectivity index is 1.44. The highest BCUT2D eigenvalue weighted by atomic mass is 32.2. The fraction of sp³-hybridized carbons (Fsp3) is 0.538. The summed E-state index contributed by atoms with van der Waals surface area (Å²) in [6.45, 7) is 0.378. The minimum absolute atomic E-state index is 0.0484. The molecule has 2 saturated heterocycles. The molecule has 2 aromatic rings. The number of anilines is 3. The third kappa shape index (κ3) is 6.07. The number of carbonyl (C=O) groups is 1. The number of aromatic nitrogens is 1. The molecule has 1 spiro atoms. The second-order valence-electron chi connectivity index (χ2n) is 10.8. The Morgan fingerprint density at radius 1 is 1.02 bits per heavy atom. The third-order valence-corrected chi connectivity index (χ3v) is 9.27. The fourth-order valence-corrected chi connectivity index (χ4v) is 6.22. The monoisotopic (exact) mass is 583 g/mol. The van der Waals surface area contributed by atoms with Crippen molar-refractivity contribution in [3.63, 3.8) is 0 Å². The maximum atomic E-state index is 15.6. The SMILES string of the molecule is O=C(Nc1cccn(N2CCC(F)(F)CC2)c1=O)c1c(F)cc(NS(=O)(=O)CCO)cc1N1CCC2(CC1)CC2. The molecule has 3 aliphatic rings. The maximum Gasteiger partial charge on any atom is 0.292 e. The van der Waals surface area contributed by atoms with Crippen LogP contribution in [0.1, 0.15) is 48.9 Å². The van der Waals surface area contributed by atoms with Gasteiger partial charge in [0.15, 0.2) is 0 Å². The summed E-state index contributed by atoms with van der Waals surface area (Å²) in [5.41, 5.74) is -0.768. The van der Waals surface area contributed by atoms with E-state index in [0.717, 1.165) is 31.7 Å². The van der Waals surface area contributed by atoms with Crippen molar-refractivity contribution in [1.82, 2.24) is 4.68 Å². The highest BCUT2D eigenvalue weighted by Gasteiger charge is 2.45. The third-order valence-electron chi connectivity index (χ3n) is 8.00. The van der Waals surface area contributed by atoms with Gasteiger partial charge in [-0.3, -0.25) is 14.3 Å². The molecule has 1 aromatic carbocycles. The number of hydrogen-bond acceptors (Lipinski definition) is 7. The Labute approximate surface area is 229 Å². The summed E-state index contributed by atoms with van der Waals surface area (Å²) in [5, 5.41) is 13.0. The van der Waals surface area contributed by atoms with Crippen LogP contribution in [0.2, 0.25) is 0 Å². The number of aliphatic hydroxyl groups is 1. The van der Waals surface area contributed by atoms with Gasteiger partial charge in [-0.05, 0) is 55.4 Å². The second-order valence-corrected chi connectivity index (χ2v) is 12.7. The smallest absolute Gasteiger partial charge is 0.292 e. The highest BCUT2D eigenvalue weighted by molar-refractivity contribution is 7.92. The number of amides is 1. The number of nitrogens with one attached hydrogen (secondary N) is 2. The van der Waals surface area contributed by atoms with Gasteiger partial charge in [-0.1, -0.05) is 0 Å². The van der Waals surface area contributed by atoms with Crippen LogP contribution in [0.4, 0.5) is 30.2 Å². The van der Waals surface area contributed by atoms with E-state index in [2.05, 4.69) is 10.0 Å². The Kier molecular flexibility index (Phi) is 7.50. The first-order valence-electron chi connectivity index (χ1n) is 13.3. The summed E-state index contributed by atoms with van der Waals surface area (Å²) in [5.74, 6) is -5.26. The molecule has 5 rings (SSSR count). The van der Waals surface area contributed by atoms with Crippen LogP contribution >= 0.6 is 0 Å². The summed E-state index contributed by atoms with van der Waals surface area (Å²) in [6, 6.07) is 5.10.